The molecule has 0 saturated heterocycles. The van der Waals surface area contributed by atoms with Crippen molar-refractivity contribution in [3.63, 3.8) is 0 Å². The Kier molecular flexibility index (Phi) is 7.18. The molecule has 0 bridgehead atoms. The molecule has 1 aromatic carbocycles. The van der Waals surface area contributed by atoms with Crippen LogP contribution in [0.3, 0.4) is 0 Å². The number of aliphatic hydroxyl groups excluding tert-OH is 1. The van der Waals surface area contributed by atoms with E-state index in [1.54, 1.807) is 18.2 Å². The number of nitrogens with zero attached hydrogens (tertiary/aromatic N) is 2. The van der Waals surface area contributed by atoms with Gasteiger partial charge in [-0.05, 0) is 23.6 Å². The molecule has 2 rings (SSSR count). The first-order chi connectivity index (χ1) is 12.9. The molecular formula is C18H24FN7O. The number of nitrogens with one attached hydrogen (secondary N) is 5. The van der Waals surface area contributed by atoms with E-state index in [4.69, 9.17) is 10.8 Å². The Labute approximate surface area is 157 Å². The van der Waals surface area contributed by atoms with Crippen LogP contribution in [0.5, 0.6) is 0 Å². The zero-order valence-electron chi connectivity index (χ0n) is 15.3. The highest BCUT2D eigenvalue weighted by Gasteiger charge is 2.14. The lowest BCUT2D eigenvalue weighted by molar-refractivity contribution is 0.249. The molecule has 27 heavy (non-hydrogen) atoms. The van der Waals surface area contributed by atoms with Gasteiger partial charge in [0, 0.05) is 12.6 Å². The average Bonchev–Trinajstić information content (AvgIpc) is 2.65. The van der Waals surface area contributed by atoms with Crippen LogP contribution in [0.1, 0.15) is 19.4 Å². The minimum atomic E-state index is -0.304. The molecule has 0 aliphatic carbocycles. The van der Waals surface area contributed by atoms with Gasteiger partial charge in [0.2, 0.25) is 5.95 Å². The molecule has 6 N–H and O–H groups in total. The van der Waals surface area contributed by atoms with E-state index >= 15 is 0 Å². The summed E-state index contributed by atoms with van der Waals surface area (Å²) >= 11 is 0. The summed E-state index contributed by atoms with van der Waals surface area (Å²) in [5, 5.41) is 33.1. The fourth-order valence-corrected chi connectivity index (χ4v) is 2.23. The fraction of sp³-hybridized carbons (Fsp3) is 0.333. The van der Waals surface area contributed by atoms with Crippen molar-refractivity contribution >= 4 is 29.6 Å². The van der Waals surface area contributed by atoms with Crippen molar-refractivity contribution in [3.05, 3.63) is 41.7 Å². The molecule has 0 spiro atoms. The van der Waals surface area contributed by atoms with Gasteiger partial charge in [0.15, 0.2) is 0 Å². The molecule has 0 aliphatic rings. The van der Waals surface area contributed by atoms with Crippen LogP contribution in [0.15, 0.2) is 30.3 Å². The second kappa shape index (κ2) is 9.58. The molecule has 0 amide bonds. The van der Waals surface area contributed by atoms with E-state index < -0.39 is 0 Å². The third-order valence-electron chi connectivity index (χ3n) is 3.83. The Morgan fingerprint density at radius 2 is 1.89 bits per heavy atom. The Morgan fingerprint density at radius 3 is 2.48 bits per heavy atom. The number of amidine groups is 1. The van der Waals surface area contributed by atoms with Gasteiger partial charge in [0.1, 0.15) is 23.3 Å². The molecule has 0 fully saturated rings. The van der Waals surface area contributed by atoms with E-state index in [1.165, 1.54) is 12.1 Å². The zero-order valence-corrected chi connectivity index (χ0v) is 15.3. The van der Waals surface area contributed by atoms with Crippen molar-refractivity contribution in [3.8, 4) is 0 Å². The topological polar surface area (TPSA) is 130 Å². The molecule has 9 heteroatoms. The number of hydrogen-bond acceptors (Lipinski definition) is 7. The van der Waals surface area contributed by atoms with Crippen molar-refractivity contribution in [2.75, 3.05) is 22.6 Å². The summed E-state index contributed by atoms with van der Waals surface area (Å²) in [6.45, 7) is 4.29. The molecule has 0 aliphatic heterocycles. The van der Waals surface area contributed by atoms with Crippen molar-refractivity contribution in [2.24, 2.45) is 5.92 Å². The summed E-state index contributed by atoms with van der Waals surface area (Å²) in [5.41, 5.74) is 0.857. The van der Waals surface area contributed by atoms with Crippen LogP contribution in [0.25, 0.3) is 0 Å². The lowest BCUT2D eigenvalue weighted by atomic mass is 10.1. The van der Waals surface area contributed by atoms with Crippen LogP contribution in [-0.2, 0) is 6.54 Å². The second-order valence-corrected chi connectivity index (χ2v) is 6.30. The van der Waals surface area contributed by atoms with E-state index in [2.05, 4.69) is 25.9 Å². The number of aromatic nitrogens is 2. The molecule has 144 valence electrons. The van der Waals surface area contributed by atoms with Gasteiger partial charge in [0.05, 0.1) is 18.9 Å². The third kappa shape index (κ3) is 6.30. The number of halogens is 1. The van der Waals surface area contributed by atoms with Crippen LogP contribution in [0.2, 0.25) is 0 Å². The maximum absolute atomic E-state index is 13.0. The van der Waals surface area contributed by atoms with E-state index in [1.807, 2.05) is 13.8 Å². The zero-order chi connectivity index (χ0) is 19.8. The monoisotopic (exact) mass is 373 g/mol. The van der Waals surface area contributed by atoms with Gasteiger partial charge in [-0.1, -0.05) is 26.0 Å². The van der Waals surface area contributed by atoms with Crippen molar-refractivity contribution < 1.29 is 9.50 Å². The van der Waals surface area contributed by atoms with Crippen LogP contribution < -0.4 is 16.0 Å². The summed E-state index contributed by atoms with van der Waals surface area (Å²) < 4.78 is 13.0. The molecule has 1 atom stereocenters. The second-order valence-electron chi connectivity index (χ2n) is 6.30. The first-order valence-corrected chi connectivity index (χ1v) is 8.52. The van der Waals surface area contributed by atoms with Gasteiger partial charge in [-0.3, -0.25) is 5.41 Å². The predicted molar refractivity (Wildman–Crippen MR) is 105 cm³/mol. The average molecular weight is 373 g/mol. The predicted octanol–water partition coefficient (Wildman–Crippen LogP) is 2.70. The standard InChI is InChI=1S/C18H24FN7O/c1-11(2)14(10-27)23-16-7-17(24-15(21)8-20)26-18(25-16)22-9-12-3-5-13(19)6-4-12/h3-8,11,14,20,27H,9-10H2,1-2H3,(H4,21,22,23,24,25,26)/t14-/m1/s1. The molecule has 8 nitrogen and oxygen atoms in total. The normalized spacial score (nSPS) is 11.7. The lowest BCUT2D eigenvalue weighted by Gasteiger charge is -2.21. The fourth-order valence-electron chi connectivity index (χ4n) is 2.23. The Morgan fingerprint density at radius 1 is 1.22 bits per heavy atom. The molecule has 1 heterocycles. The molecule has 0 saturated carbocycles. The summed E-state index contributed by atoms with van der Waals surface area (Å²) in [6.07, 6.45) is 0.867. The molecule has 0 radical (unpaired) electrons. The van der Waals surface area contributed by atoms with Crippen molar-refractivity contribution in [1.29, 1.82) is 10.8 Å². The van der Waals surface area contributed by atoms with Crippen LogP contribution in [0.4, 0.5) is 22.0 Å². The van der Waals surface area contributed by atoms with E-state index in [-0.39, 0.29) is 30.2 Å². The van der Waals surface area contributed by atoms with Gasteiger partial charge >= 0.3 is 0 Å². The van der Waals surface area contributed by atoms with E-state index in [0.717, 1.165) is 11.8 Å². The minimum absolute atomic E-state index is 0.0565. The first-order valence-electron chi connectivity index (χ1n) is 8.52. The summed E-state index contributed by atoms with van der Waals surface area (Å²) in [5.74, 6) is 0.859. The van der Waals surface area contributed by atoms with Crippen molar-refractivity contribution in [1.82, 2.24) is 9.97 Å². The number of rotatable bonds is 9. The number of hydrogen-bond donors (Lipinski definition) is 6. The third-order valence-corrected chi connectivity index (χ3v) is 3.83. The van der Waals surface area contributed by atoms with Crippen molar-refractivity contribution in [2.45, 2.75) is 26.4 Å². The van der Waals surface area contributed by atoms with E-state index in [9.17, 15) is 9.50 Å². The Balaban J connectivity index is 2.21. The Bertz CT molecular complexity index is 780. The largest absolute Gasteiger partial charge is 0.394 e. The van der Waals surface area contributed by atoms with E-state index in [0.29, 0.717) is 24.1 Å². The maximum Gasteiger partial charge on any atom is 0.226 e. The van der Waals surface area contributed by atoms with Gasteiger partial charge in [-0.25, -0.2) is 4.39 Å². The maximum atomic E-state index is 13.0. The van der Waals surface area contributed by atoms with Gasteiger partial charge < -0.3 is 26.5 Å². The molecular weight excluding hydrogens is 349 g/mol. The van der Waals surface area contributed by atoms with Gasteiger partial charge in [-0.15, -0.1) is 0 Å². The highest BCUT2D eigenvalue weighted by Crippen LogP contribution is 2.18. The van der Waals surface area contributed by atoms with Crippen LogP contribution in [0, 0.1) is 22.6 Å². The smallest absolute Gasteiger partial charge is 0.226 e. The highest BCUT2D eigenvalue weighted by atomic mass is 19.1. The molecule has 2 aromatic rings. The molecule has 0 unspecified atom stereocenters. The van der Waals surface area contributed by atoms with Crippen LogP contribution >= 0.6 is 0 Å². The summed E-state index contributed by atoms with van der Waals surface area (Å²) in [4.78, 5) is 8.66. The number of anilines is 3. The number of benzene rings is 1. The molecule has 1 aromatic heterocycles. The number of aliphatic hydroxyl groups is 1. The van der Waals surface area contributed by atoms with Crippen LogP contribution in [-0.4, -0.2) is 39.8 Å². The van der Waals surface area contributed by atoms with Gasteiger partial charge in [0.25, 0.3) is 0 Å². The minimum Gasteiger partial charge on any atom is -0.394 e. The SMILES string of the molecule is CC(C)[C@@H](CO)Nc1cc(NC(=N)C=N)nc(NCc2ccc(F)cc2)n1. The summed E-state index contributed by atoms with van der Waals surface area (Å²) in [6, 6.07) is 7.49. The lowest BCUT2D eigenvalue weighted by Crippen LogP contribution is -2.30. The first kappa shape index (κ1) is 20.2. The Hall–Kier alpha value is -3.07. The quantitative estimate of drug-likeness (QED) is 0.296. The summed E-state index contributed by atoms with van der Waals surface area (Å²) in [7, 11) is 0. The van der Waals surface area contributed by atoms with Gasteiger partial charge in [-0.2, -0.15) is 9.97 Å². The highest BCUT2D eigenvalue weighted by molar-refractivity contribution is 6.32.